The standard InChI is InChI=1S/C25H33N7O6/c1-6-28-22(33)17-9-8-14(3)19(10-17)32(25(36)38-13-37-24(35)16(5)27)21(31-12-26)20-15(4)18(11-30-20)23(34)29-7-2/h8-12,16,26,30H,6-7,13,27H2,1-5H3,(H,28,33)(H,29,34)/b26-12?,31-21+. The van der Waals surface area contributed by atoms with Gasteiger partial charge in [0.15, 0.2) is 5.84 Å². The number of anilines is 1. The molecule has 1 heterocycles. The Morgan fingerprint density at radius 1 is 1.13 bits per heavy atom. The molecule has 0 fully saturated rings. The maximum Gasteiger partial charge on any atom is 0.423 e. The average Bonchev–Trinajstić information content (AvgIpc) is 3.25. The summed E-state index contributed by atoms with van der Waals surface area (Å²) in [6.45, 7) is 8.39. The van der Waals surface area contributed by atoms with Crippen molar-refractivity contribution in [3.63, 3.8) is 0 Å². The molecule has 0 bridgehead atoms. The number of carbonyl (C=O) groups is 4. The number of hydrogen-bond acceptors (Lipinski definition) is 8. The lowest BCUT2D eigenvalue weighted by Crippen LogP contribution is -2.40. The predicted octanol–water partition coefficient (Wildman–Crippen LogP) is 1.98. The maximum atomic E-state index is 13.4. The van der Waals surface area contributed by atoms with Gasteiger partial charge in [-0.25, -0.2) is 14.7 Å². The number of aliphatic imine (C=N–C) groups is 1. The van der Waals surface area contributed by atoms with E-state index in [0.29, 0.717) is 29.8 Å². The summed E-state index contributed by atoms with van der Waals surface area (Å²) >= 11 is 0. The number of nitrogens with zero attached hydrogens (tertiary/aromatic N) is 2. The lowest BCUT2D eigenvalue weighted by Gasteiger charge is -2.25. The fraction of sp³-hybridized carbons (Fsp3) is 0.360. The average molecular weight is 528 g/mol. The highest BCUT2D eigenvalue weighted by molar-refractivity contribution is 6.24. The smallest absolute Gasteiger partial charge is 0.423 e. The molecule has 6 N–H and O–H groups in total. The molecule has 2 rings (SSSR count). The molecule has 204 valence electrons. The molecule has 38 heavy (non-hydrogen) atoms. The molecule has 0 aliphatic rings. The first-order chi connectivity index (χ1) is 18.1. The zero-order chi connectivity index (χ0) is 28.4. The van der Waals surface area contributed by atoms with E-state index in [2.05, 4.69) is 20.6 Å². The quantitative estimate of drug-likeness (QED) is 0.135. The van der Waals surface area contributed by atoms with Crippen molar-refractivity contribution in [3.8, 4) is 0 Å². The summed E-state index contributed by atoms with van der Waals surface area (Å²) in [6, 6.07) is 3.78. The van der Waals surface area contributed by atoms with E-state index in [1.807, 2.05) is 0 Å². The van der Waals surface area contributed by atoms with Crippen LogP contribution in [0.25, 0.3) is 0 Å². The number of rotatable bonds is 10. The van der Waals surface area contributed by atoms with Crippen LogP contribution in [0.1, 0.15) is 58.3 Å². The normalized spacial score (nSPS) is 11.8. The Morgan fingerprint density at radius 2 is 1.79 bits per heavy atom. The van der Waals surface area contributed by atoms with Gasteiger partial charge in [-0.2, -0.15) is 0 Å². The van der Waals surface area contributed by atoms with E-state index >= 15 is 0 Å². The number of ether oxygens (including phenoxy) is 2. The molecule has 0 radical (unpaired) electrons. The number of amidine groups is 1. The number of amides is 3. The Kier molecular flexibility index (Phi) is 10.7. The van der Waals surface area contributed by atoms with Gasteiger partial charge in [0.05, 0.1) is 16.9 Å². The second kappa shape index (κ2) is 13.7. The number of nitrogens with one attached hydrogen (secondary N) is 4. The number of nitrogens with two attached hydrogens (primary N) is 1. The lowest BCUT2D eigenvalue weighted by molar-refractivity contribution is -0.152. The summed E-state index contributed by atoms with van der Waals surface area (Å²) in [5.41, 5.74) is 7.53. The van der Waals surface area contributed by atoms with E-state index in [1.165, 1.54) is 19.2 Å². The molecule has 13 heteroatoms. The highest BCUT2D eigenvalue weighted by atomic mass is 16.7. The number of aromatic amines is 1. The third-order valence-electron chi connectivity index (χ3n) is 5.33. The summed E-state index contributed by atoms with van der Waals surface area (Å²) in [5, 5.41) is 13.0. The molecule has 2 aromatic rings. The molecular weight excluding hydrogens is 494 g/mol. The molecular formula is C25H33N7O6. The van der Waals surface area contributed by atoms with Crippen molar-refractivity contribution in [2.75, 3.05) is 24.8 Å². The van der Waals surface area contributed by atoms with Crippen LogP contribution in [-0.4, -0.2) is 67.0 Å². The van der Waals surface area contributed by atoms with E-state index in [4.69, 9.17) is 20.6 Å². The molecule has 1 atom stereocenters. The minimum atomic E-state index is -1.02. The van der Waals surface area contributed by atoms with Gasteiger partial charge in [-0.05, 0) is 57.9 Å². The monoisotopic (exact) mass is 527 g/mol. The van der Waals surface area contributed by atoms with Crippen molar-refractivity contribution in [1.82, 2.24) is 15.6 Å². The molecule has 1 unspecified atom stereocenters. The van der Waals surface area contributed by atoms with Crippen LogP contribution >= 0.6 is 0 Å². The predicted molar refractivity (Wildman–Crippen MR) is 142 cm³/mol. The largest absolute Gasteiger partial charge is 0.427 e. The maximum absolute atomic E-state index is 13.4. The van der Waals surface area contributed by atoms with Crippen molar-refractivity contribution < 1.29 is 28.7 Å². The van der Waals surface area contributed by atoms with E-state index < -0.39 is 24.9 Å². The van der Waals surface area contributed by atoms with Crippen LogP contribution in [0.2, 0.25) is 0 Å². The van der Waals surface area contributed by atoms with Gasteiger partial charge in [0.2, 0.25) is 6.79 Å². The summed E-state index contributed by atoms with van der Waals surface area (Å²) < 4.78 is 10.1. The van der Waals surface area contributed by atoms with Gasteiger partial charge in [0.25, 0.3) is 11.8 Å². The molecule has 0 saturated carbocycles. The number of aromatic nitrogens is 1. The SMILES string of the molecule is CCNC(=O)c1ccc(C)c(N(C(=O)OCOC(=O)C(C)N)/C(=N/C=N)c2[nH]cc(C(=O)NCC)c2C)c1. The first kappa shape index (κ1) is 29.7. The fourth-order valence-electron chi connectivity index (χ4n) is 3.40. The van der Waals surface area contributed by atoms with E-state index in [1.54, 1.807) is 39.8 Å². The van der Waals surface area contributed by atoms with E-state index in [0.717, 1.165) is 11.2 Å². The fourth-order valence-corrected chi connectivity index (χ4v) is 3.40. The molecule has 0 aliphatic heterocycles. The van der Waals surface area contributed by atoms with E-state index in [-0.39, 0.29) is 34.6 Å². The summed E-state index contributed by atoms with van der Waals surface area (Å²) in [6.07, 6.45) is 1.16. The topological polar surface area (TPSA) is 192 Å². The number of hydrogen-bond donors (Lipinski definition) is 5. The third kappa shape index (κ3) is 7.03. The van der Waals surface area contributed by atoms with Crippen molar-refractivity contribution in [1.29, 1.82) is 5.41 Å². The summed E-state index contributed by atoms with van der Waals surface area (Å²) in [7, 11) is 0. The van der Waals surface area contributed by atoms with Gasteiger partial charge in [-0.1, -0.05) is 6.07 Å². The first-order valence-electron chi connectivity index (χ1n) is 11.9. The van der Waals surface area contributed by atoms with Crippen molar-refractivity contribution in [2.24, 2.45) is 10.7 Å². The Bertz CT molecular complexity index is 1230. The van der Waals surface area contributed by atoms with Gasteiger partial charge < -0.3 is 30.8 Å². The minimum Gasteiger partial charge on any atom is -0.427 e. The van der Waals surface area contributed by atoms with Crippen LogP contribution in [0.15, 0.2) is 29.4 Å². The molecule has 0 aliphatic carbocycles. The lowest BCUT2D eigenvalue weighted by atomic mass is 10.1. The first-order valence-corrected chi connectivity index (χ1v) is 11.9. The Labute approximate surface area is 220 Å². The van der Waals surface area contributed by atoms with Gasteiger partial charge in [0, 0.05) is 24.8 Å². The van der Waals surface area contributed by atoms with Crippen molar-refractivity contribution >= 4 is 41.7 Å². The Morgan fingerprint density at radius 3 is 2.39 bits per heavy atom. The number of esters is 1. The molecule has 0 spiro atoms. The highest BCUT2D eigenvalue weighted by Crippen LogP contribution is 2.27. The van der Waals surface area contributed by atoms with Gasteiger partial charge >= 0.3 is 12.1 Å². The van der Waals surface area contributed by atoms with Crippen LogP contribution in [0.3, 0.4) is 0 Å². The number of carbonyl (C=O) groups excluding carboxylic acids is 4. The molecule has 1 aromatic carbocycles. The van der Waals surface area contributed by atoms with Gasteiger partial charge in [-0.3, -0.25) is 19.8 Å². The number of aryl methyl sites for hydroxylation is 1. The van der Waals surface area contributed by atoms with Crippen LogP contribution in [0, 0.1) is 19.3 Å². The molecule has 1 aromatic heterocycles. The number of benzene rings is 1. The molecule has 13 nitrogen and oxygen atoms in total. The third-order valence-corrected chi connectivity index (χ3v) is 5.33. The zero-order valence-corrected chi connectivity index (χ0v) is 22.0. The van der Waals surface area contributed by atoms with Crippen LogP contribution in [0.4, 0.5) is 10.5 Å². The minimum absolute atomic E-state index is 0.0901. The van der Waals surface area contributed by atoms with Crippen LogP contribution in [-0.2, 0) is 14.3 Å². The molecule has 3 amide bonds. The number of H-pyrrole nitrogens is 1. The molecule has 0 saturated heterocycles. The van der Waals surface area contributed by atoms with E-state index in [9.17, 15) is 19.2 Å². The van der Waals surface area contributed by atoms with Crippen LogP contribution in [0.5, 0.6) is 0 Å². The Hall–Kier alpha value is -4.52. The van der Waals surface area contributed by atoms with Crippen LogP contribution < -0.4 is 21.3 Å². The van der Waals surface area contributed by atoms with Gasteiger partial charge in [0.1, 0.15) is 12.4 Å². The zero-order valence-electron chi connectivity index (χ0n) is 22.0. The van der Waals surface area contributed by atoms with Crippen molar-refractivity contribution in [2.45, 2.75) is 40.7 Å². The summed E-state index contributed by atoms with van der Waals surface area (Å²) in [5.74, 6) is -1.58. The highest BCUT2D eigenvalue weighted by Gasteiger charge is 2.30. The second-order valence-electron chi connectivity index (χ2n) is 8.12. The Balaban J connectivity index is 2.65. The second-order valence-corrected chi connectivity index (χ2v) is 8.12. The van der Waals surface area contributed by atoms with Gasteiger partial charge in [-0.15, -0.1) is 0 Å². The van der Waals surface area contributed by atoms with Crippen molar-refractivity contribution in [3.05, 3.63) is 52.3 Å². The summed E-state index contributed by atoms with van der Waals surface area (Å²) in [4.78, 5) is 58.3.